The summed E-state index contributed by atoms with van der Waals surface area (Å²) in [7, 11) is 0. The maximum absolute atomic E-state index is 3.80. The van der Waals surface area contributed by atoms with Gasteiger partial charge in [-0.05, 0) is 56.7 Å². The van der Waals surface area contributed by atoms with Gasteiger partial charge in [-0.25, -0.2) is 0 Å². The van der Waals surface area contributed by atoms with Gasteiger partial charge in [-0.2, -0.15) is 0 Å². The molecule has 1 N–H and O–H groups in total. The zero-order chi connectivity index (χ0) is 14.5. The molecule has 2 fully saturated rings. The highest BCUT2D eigenvalue weighted by Gasteiger charge is 2.25. The lowest BCUT2D eigenvalue weighted by molar-refractivity contribution is 0.252. The van der Waals surface area contributed by atoms with E-state index in [1.165, 1.54) is 75.7 Å². The second-order valence-electron chi connectivity index (χ2n) is 7.19. The predicted molar refractivity (Wildman–Crippen MR) is 90.8 cm³/mol. The smallest absolute Gasteiger partial charge is 0.0366 e. The minimum atomic E-state index is 0.365. The molecule has 1 aromatic rings. The van der Waals surface area contributed by atoms with E-state index in [2.05, 4.69) is 41.4 Å². The fraction of sp³-hybridized carbons (Fsp3) is 0.684. The van der Waals surface area contributed by atoms with Crippen LogP contribution in [-0.2, 0) is 6.54 Å². The van der Waals surface area contributed by atoms with Gasteiger partial charge in [0, 0.05) is 30.9 Å². The molecule has 3 rings (SSSR count). The van der Waals surface area contributed by atoms with Crippen molar-refractivity contribution >= 4 is 5.69 Å². The third-order valence-corrected chi connectivity index (χ3v) is 5.33. The first-order valence-corrected chi connectivity index (χ1v) is 8.84. The Labute approximate surface area is 129 Å². The largest absolute Gasteiger partial charge is 0.372 e. The van der Waals surface area contributed by atoms with Crippen LogP contribution in [0.1, 0.15) is 63.9 Å². The van der Waals surface area contributed by atoms with Crippen molar-refractivity contribution in [2.75, 3.05) is 18.0 Å². The Balaban J connectivity index is 1.54. The molecule has 0 spiro atoms. The Kier molecular flexibility index (Phi) is 4.84. The second kappa shape index (κ2) is 6.83. The number of piperidine rings is 1. The van der Waals surface area contributed by atoms with E-state index in [-0.39, 0.29) is 0 Å². The van der Waals surface area contributed by atoms with Gasteiger partial charge in [0.1, 0.15) is 0 Å². The van der Waals surface area contributed by atoms with E-state index in [1.54, 1.807) is 0 Å². The van der Waals surface area contributed by atoms with E-state index >= 15 is 0 Å². The molecular formula is C19H30N2. The molecule has 1 saturated heterocycles. The standard InChI is InChI=1S/C19H30N2/c1-19(12-4-2-5-13-19)20-16-17-8-10-18(11-9-17)21-14-6-3-7-15-21/h8-11,20H,2-7,12-16H2,1H3. The topological polar surface area (TPSA) is 15.3 Å². The van der Waals surface area contributed by atoms with E-state index in [0.29, 0.717) is 5.54 Å². The highest BCUT2D eigenvalue weighted by atomic mass is 15.1. The highest BCUT2D eigenvalue weighted by Crippen LogP contribution is 2.28. The number of rotatable bonds is 4. The molecule has 0 bridgehead atoms. The first-order chi connectivity index (χ1) is 10.3. The summed E-state index contributed by atoms with van der Waals surface area (Å²) in [5.41, 5.74) is 3.19. The summed E-state index contributed by atoms with van der Waals surface area (Å²) in [6.07, 6.45) is 11.0. The Bertz CT molecular complexity index is 425. The van der Waals surface area contributed by atoms with E-state index in [0.717, 1.165) is 6.54 Å². The van der Waals surface area contributed by atoms with Crippen molar-refractivity contribution in [3.05, 3.63) is 29.8 Å². The molecule has 0 aromatic heterocycles. The van der Waals surface area contributed by atoms with E-state index in [1.807, 2.05) is 0 Å². The Morgan fingerprint density at radius 3 is 2.19 bits per heavy atom. The van der Waals surface area contributed by atoms with Crippen LogP contribution in [0.25, 0.3) is 0 Å². The van der Waals surface area contributed by atoms with E-state index in [9.17, 15) is 0 Å². The quantitative estimate of drug-likeness (QED) is 0.877. The molecule has 2 nitrogen and oxygen atoms in total. The first kappa shape index (κ1) is 14.9. The number of nitrogens with zero attached hydrogens (tertiary/aromatic N) is 1. The van der Waals surface area contributed by atoms with Crippen LogP contribution in [0.3, 0.4) is 0 Å². The van der Waals surface area contributed by atoms with Gasteiger partial charge in [-0.1, -0.05) is 31.4 Å². The van der Waals surface area contributed by atoms with Gasteiger partial charge in [0.05, 0.1) is 0 Å². The fourth-order valence-electron chi connectivity index (χ4n) is 3.80. The third-order valence-electron chi connectivity index (χ3n) is 5.33. The molecule has 116 valence electrons. The fourth-order valence-corrected chi connectivity index (χ4v) is 3.80. The summed E-state index contributed by atoms with van der Waals surface area (Å²) in [5.74, 6) is 0. The Morgan fingerprint density at radius 2 is 1.52 bits per heavy atom. The summed E-state index contributed by atoms with van der Waals surface area (Å²) >= 11 is 0. The van der Waals surface area contributed by atoms with Crippen LogP contribution in [0, 0.1) is 0 Å². The predicted octanol–water partition coefficient (Wildman–Crippen LogP) is 4.49. The third kappa shape index (κ3) is 4.00. The molecule has 1 aliphatic heterocycles. The van der Waals surface area contributed by atoms with Crippen LogP contribution in [0.5, 0.6) is 0 Å². The highest BCUT2D eigenvalue weighted by molar-refractivity contribution is 5.47. The molecule has 21 heavy (non-hydrogen) atoms. The summed E-state index contributed by atoms with van der Waals surface area (Å²) in [5, 5.41) is 3.80. The Morgan fingerprint density at radius 1 is 0.905 bits per heavy atom. The molecule has 1 saturated carbocycles. The number of hydrogen-bond acceptors (Lipinski definition) is 2. The molecule has 1 aliphatic carbocycles. The molecule has 2 aliphatic rings. The van der Waals surface area contributed by atoms with Crippen molar-refractivity contribution < 1.29 is 0 Å². The molecular weight excluding hydrogens is 256 g/mol. The average molecular weight is 286 g/mol. The van der Waals surface area contributed by atoms with Crippen LogP contribution in [-0.4, -0.2) is 18.6 Å². The molecule has 2 heteroatoms. The molecule has 0 radical (unpaired) electrons. The molecule has 1 aromatic carbocycles. The van der Waals surface area contributed by atoms with Crippen LogP contribution < -0.4 is 10.2 Å². The van der Waals surface area contributed by atoms with Crippen molar-refractivity contribution in [3.8, 4) is 0 Å². The minimum Gasteiger partial charge on any atom is -0.372 e. The van der Waals surface area contributed by atoms with Crippen LogP contribution in [0.15, 0.2) is 24.3 Å². The van der Waals surface area contributed by atoms with Gasteiger partial charge >= 0.3 is 0 Å². The van der Waals surface area contributed by atoms with Gasteiger partial charge < -0.3 is 10.2 Å². The van der Waals surface area contributed by atoms with Gasteiger partial charge in [-0.3, -0.25) is 0 Å². The monoisotopic (exact) mass is 286 g/mol. The molecule has 0 amide bonds. The maximum Gasteiger partial charge on any atom is 0.0366 e. The molecule has 0 atom stereocenters. The van der Waals surface area contributed by atoms with Crippen molar-refractivity contribution in [1.29, 1.82) is 0 Å². The maximum atomic E-state index is 3.80. The van der Waals surface area contributed by atoms with Crippen molar-refractivity contribution in [3.63, 3.8) is 0 Å². The van der Waals surface area contributed by atoms with E-state index in [4.69, 9.17) is 0 Å². The van der Waals surface area contributed by atoms with Crippen LogP contribution >= 0.6 is 0 Å². The van der Waals surface area contributed by atoms with Crippen LogP contribution in [0.2, 0.25) is 0 Å². The average Bonchev–Trinajstić information content (AvgIpc) is 2.55. The second-order valence-corrected chi connectivity index (χ2v) is 7.19. The normalized spacial score (nSPS) is 22.2. The summed E-state index contributed by atoms with van der Waals surface area (Å²) in [4.78, 5) is 2.53. The van der Waals surface area contributed by atoms with Crippen LogP contribution in [0.4, 0.5) is 5.69 Å². The number of nitrogens with one attached hydrogen (secondary N) is 1. The number of benzene rings is 1. The van der Waals surface area contributed by atoms with Gasteiger partial charge in [0.2, 0.25) is 0 Å². The molecule has 0 unspecified atom stereocenters. The lowest BCUT2D eigenvalue weighted by atomic mass is 9.83. The number of anilines is 1. The first-order valence-electron chi connectivity index (χ1n) is 8.84. The minimum absolute atomic E-state index is 0.365. The number of hydrogen-bond donors (Lipinski definition) is 1. The molecule has 1 heterocycles. The lowest BCUT2D eigenvalue weighted by Crippen LogP contribution is -2.43. The SMILES string of the molecule is CC1(NCc2ccc(N3CCCCC3)cc2)CCCCC1. The van der Waals surface area contributed by atoms with Crippen molar-refractivity contribution in [2.45, 2.75) is 70.4 Å². The van der Waals surface area contributed by atoms with Gasteiger partial charge in [0.25, 0.3) is 0 Å². The summed E-state index contributed by atoms with van der Waals surface area (Å²) in [6, 6.07) is 9.24. The van der Waals surface area contributed by atoms with Gasteiger partial charge in [0.15, 0.2) is 0 Å². The van der Waals surface area contributed by atoms with Gasteiger partial charge in [-0.15, -0.1) is 0 Å². The summed E-state index contributed by atoms with van der Waals surface area (Å²) in [6.45, 7) is 5.87. The summed E-state index contributed by atoms with van der Waals surface area (Å²) < 4.78 is 0. The van der Waals surface area contributed by atoms with Crippen molar-refractivity contribution in [1.82, 2.24) is 5.32 Å². The zero-order valence-electron chi connectivity index (χ0n) is 13.5. The van der Waals surface area contributed by atoms with E-state index < -0.39 is 0 Å². The Hall–Kier alpha value is -1.02. The lowest BCUT2D eigenvalue weighted by Gasteiger charge is -2.35. The van der Waals surface area contributed by atoms with Crippen molar-refractivity contribution in [2.24, 2.45) is 0 Å². The zero-order valence-corrected chi connectivity index (χ0v) is 13.5.